The number of hydrogen-bond donors (Lipinski definition) is 0. The third-order valence-corrected chi connectivity index (χ3v) is 9.79. The summed E-state index contributed by atoms with van der Waals surface area (Å²) in [6.07, 6.45) is 0. The van der Waals surface area contributed by atoms with E-state index in [1.807, 2.05) is 11.3 Å². The number of imidazole rings is 1. The van der Waals surface area contributed by atoms with Crippen LogP contribution in [0.15, 0.2) is 127 Å². The van der Waals surface area contributed by atoms with E-state index in [2.05, 4.69) is 136 Å². The van der Waals surface area contributed by atoms with E-state index < -0.39 is 0 Å². The van der Waals surface area contributed by atoms with Crippen molar-refractivity contribution in [3.05, 3.63) is 127 Å². The monoisotopic (exact) mass is 539 g/mol. The standard InChI is InChI=1S/C37H21N3S/c1-2-10-22(11-3-1)39-31-15-7-4-12-23(31)26-19-29-25(20-33(26)39)27-18-28-24-13-5-9-17-35(24)41-36(28)21-34(27)40-32-16-8-6-14-30(32)38-37(29)40/h1-21H. The second-order valence-corrected chi connectivity index (χ2v) is 11.9. The summed E-state index contributed by atoms with van der Waals surface area (Å²) in [5, 5.41) is 8.78. The van der Waals surface area contributed by atoms with Crippen LogP contribution in [0, 0.1) is 0 Å². The molecule has 0 saturated carbocycles. The van der Waals surface area contributed by atoms with E-state index in [0.29, 0.717) is 0 Å². The predicted octanol–water partition coefficient (Wildman–Crippen LogP) is 10.3. The van der Waals surface area contributed by atoms with Crippen LogP contribution in [0.5, 0.6) is 0 Å². The number of thiophene rings is 1. The normalized spacial score (nSPS) is 12.4. The molecule has 3 nitrogen and oxygen atoms in total. The Morgan fingerprint density at radius 2 is 1.15 bits per heavy atom. The fourth-order valence-electron chi connectivity index (χ4n) is 6.89. The van der Waals surface area contributed by atoms with Gasteiger partial charge in [-0.1, -0.05) is 66.7 Å². The summed E-state index contributed by atoms with van der Waals surface area (Å²) < 4.78 is 7.40. The van der Waals surface area contributed by atoms with E-state index in [4.69, 9.17) is 4.98 Å². The van der Waals surface area contributed by atoms with E-state index >= 15 is 0 Å². The average molecular weight is 540 g/mol. The minimum absolute atomic E-state index is 1.01. The molecule has 0 aliphatic carbocycles. The summed E-state index contributed by atoms with van der Waals surface area (Å²) in [5.41, 5.74) is 7.95. The number of para-hydroxylation sites is 4. The number of fused-ring (bicyclic) bond motifs is 14. The van der Waals surface area contributed by atoms with Crippen LogP contribution < -0.4 is 0 Å². The molecule has 0 fully saturated rings. The van der Waals surface area contributed by atoms with Gasteiger partial charge in [-0.05, 0) is 66.0 Å². The number of nitrogens with zero attached hydrogens (tertiary/aromatic N) is 3. The summed E-state index contributed by atoms with van der Waals surface area (Å²) in [5.74, 6) is 0. The van der Waals surface area contributed by atoms with E-state index in [1.165, 1.54) is 69.3 Å². The van der Waals surface area contributed by atoms with Gasteiger partial charge < -0.3 is 4.57 Å². The Labute approximate surface area is 238 Å². The zero-order valence-electron chi connectivity index (χ0n) is 21.9. The molecule has 0 spiro atoms. The van der Waals surface area contributed by atoms with E-state index in [-0.39, 0.29) is 0 Å². The van der Waals surface area contributed by atoms with Crippen LogP contribution in [0.3, 0.4) is 0 Å². The Morgan fingerprint density at radius 3 is 2.05 bits per heavy atom. The minimum atomic E-state index is 1.01. The molecular formula is C37H21N3S. The summed E-state index contributed by atoms with van der Waals surface area (Å²) in [6, 6.07) is 46.3. The molecule has 0 aliphatic rings. The van der Waals surface area contributed by atoms with Gasteiger partial charge in [0.2, 0.25) is 0 Å². The molecule has 0 radical (unpaired) electrons. The Balaban J connectivity index is 1.49. The molecule has 4 aromatic heterocycles. The fourth-order valence-corrected chi connectivity index (χ4v) is 8.01. The van der Waals surface area contributed by atoms with Gasteiger partial charge in [-0.25, -0.2) is 4.98 Å². The van der Waals surface area contributed by atoms with Crippen molar-refractivity contribution in [2.24, 2.45) is 0 Å². The number of rotatable bonds is 1. The third kappa shape index (κ3) is 2.79. The van der Waals surface area contributed by atoms with Crippen molar-refractivity contribution in [3.63, 3.8) is 0 Å². The molecule has 0 bridgehead atoms. The van der Waals surface area contributed by atoms with Gasteiger partial charge in [0.25, 0.3) is 0 Å². The van der Waals surface area contributed by atoms with Crippen molar-refractivity contribution in [1.29, 1.82) is 0 Å². The molecule has 0 N–H and O–H groups in total. The van der Waals surface area contributed by atoms with Crippen LogP contribution in [-0.4, -0.2) is 14.0 Å². The maximum Gasteiger partial charge on any atom is 0.146 e. The molecule has 4 heterocycles. The van der Waals surface area contributed by atoms with Crippen molar-refractivity contribution >= 4 is 91.7 Å². The van der Waals surface area contributed by atoms with E-state index in [9.17, 15) is 0 Å². The van der Waals surface area contributed by atoms with Crippen LogP contribution in [0.25, 0.3) is 86.0 Å². The lowest BCUT2D eigenvalue weighted by Gasteiger charge is -2.12. The SMILES string of the molecule is c1ccc(-n2c3ccccc3c3cc4c(cc32)c2cc3c(cc2n2c5ccccc5nc42)sc2ccccc23)cc1. The Morgan fingerprint density at radius 1 is 0.439 bits per heavy atom. The van der Waals surface area contributed by atoms with Gasteiger partial charge in [0.05, 0.1) is 27.6 Å². The number of hydrogen-bond acceptors (Lipinski definition) is 2. The van der Waals surface area contributed by atoms with E-state index in [1.54, 1.807) is 0 Å². The molecule has 41 heavy (non-hydrogen) atoms. The Bertz CT molecular complexity index is 2690. The van der Waals surface area contributed by atoms with Gasteiger partial charge in [0.1, 0.15) is 5.65 Å². The molecule has 190 valence electrons. The average Bonchev–Trinajstić information content (AvgIpc) is 3.69. The van der Waals surface area contributed by atoms with Gasteiger partial charge in [-0.3, -0.25) is 4.40 Å². The van der Waals surface area contributed by atoms with Gasteiger partial charge in [-0.2, -0.15) is 0 Å². The summed E-state index contributed by atoms with van der Waals surface area (Å²) in [4.78, 5) is 5.23. The van der Waals surface area contributed by atoms with Gasteiger partial charge in [0.15, 0.2) is 0 Å². The lowest BCUT2D eigenvalue weighted by molar-refractivity contribution is 1.18. The topological polar surface area (TPSA) is 22.2 Å². The highest BCUT2D eigenvalue weighted by Gasteiger charge is 2.19. The Hall–Kier alpha value is -5.19. The van der Waals surface area contributed by atoms with Crippen molar-refractivity contribution in [2.75, 3.05) is 0 Å². The maximum atomic E-state index is 5.23. The van der Waals surface area contributed by atoms with Crippen molar-refractivity contribution in [1.82, 2.24) is 14.0 Å². The van der Waals surface area contributed by atoms with Gasteiger partial charge in [0, 0.05) is 47.4 Å². The smallest absolute Gasteiger partial charge is 0.146 e. The summed E-state index contributed by atoms with van der Waals surface area (Å²) in [6.45, 7) is 0. The van der Waals surface area contributed by atoms with Crippen LogP contribution in [0.1, 0.15) is 0 Å². The molecule has 6 aromatic carbocycles. The quantitative estimate of drug-likeness (QED) is 0.190. The zero-order chi connectivity index (χ0) is 26.7. The predicted molar refractivity (Wildman–Crippen MR) is 175 cm³/mol. The van der Waals surface area contributed by atoms with Crippen LogP contribution >= 0.6 is 11.3 Å². The molecule has 0 atom stereocenters. The van der Waals surface area contributed by atoms with Crippen LogP contribution in [0.4, 0.5) is 0 Å². The van der Waals surface area contributed by atoms with Crippen molar-refractivity contribution in [3.8, 4) is 5.69 Å². The molecule has 4 heteroatoms. The lowest BCUT2D eigenvalue weighted by Crippen LogP contribution is -1.94. The summed E-state index contributed by atoms with van der Waals surface area (Å²) >= 11 is 1.87. The molecule has 10 aromatic rings. The Kier molecular flexibility index (Phi) is 4.07. The highest BCUT2D eigenvalue weighted by molar-refractivity contribution is 7.25. The molecule has 0 amide bonds. The minimum Gasteiger partial charge on any atom is -0.309 e. The third-order valence-electron chi connectivity index (χ3n) is 8.65. The first-order chi connectivity index (χ1) is 20.3. The van der Waals surface area contributed by atoms with Crippen LogP contribution in [-0.2, 0) is 0 Å². The van der Waals surface area contributed by atoms with Gasteiger partial charge in [-0.15, -0.1) is 11.3 Å². The molecule has 0 aliphatic heterocycles. The second kappa shape index (κ2) is 7.72. The molecule has 0 saturated heterocycles. The molecule has 10 rings (SSSR count). The fraction of sp³-hybridized carbons (Fsp3) is 0. The second-order valence-electron chi connectivity index (χ2n) is 10.8. The zero-order valence-corrected chi connectivity index (χ0v) is 22.7. The maximum absolute atomic E-state index is 5.23. The van der Waals surface area contributed by atoms with Crippen molar-refractivity contribution < 1.29 is 0 Å². The first-order valence-electron chi connectivity index (χ1n) is 13.9. The van der Waals surface area contributed by atoms with Crippen LogP contribution in [0.2, 0.25) is 0 Å². The first-order valence-corrected chi connectivity index (χ1v) is 14.7. The number of pyridine rings is 1. The highest BCUT2D eigenvalue weighted by atomic mass is 32.1. The molecule has 0 unspecified atom stereocenters. The van der Waals surface area contributed by atoms with Crippen molar-refractivity contribution in [2.45, 2.75) is 0 Å². The highest BCUT2D eigenvalue weighted by Crippen LogP contribution is 2.42. The first kappa shape index (κ1) is 21.6. The molecular weight excluding hydrogens is 518 g/mol. The number of aromatic nitrogens is 3. The lowest BCUT2D eigenvalue weighted by atomic mass is 10.0. The summed E-state index contributed by atoms with van der Waals surface area (Å²) in [7, 11) is 0. The van der Waals surface area contributed by atoms with E-state index in [0.717, 1.165) is 16.7 Å². The number of benzene rings is 6. The van der Waals surface area contributed by atoms with Gasteiger partial charge >= 0.3 is 0 Å². The largest absolute Gasteiger partial charge is 0.309 e.